The molecule has 2 aromatic carbocycles. The van der Waals surface area contributed by atoms with E-state index in [1.807, 2.05) is 24.8 Å². The molecule has 0 amide bonds. The molecular weight excluding hydrogens is 354 g/mol. The van der Waals surface area contributed by atoms with Crippen molar-refractivity contribution in [1.82, 2.24) is 0 Å². The minimum absolute atomic E-state index is 0.125. The number of fused-ring (bicyclic) bond motifs is 2. The van der Waals surface area contributed by atoms with Gasteiger partial charge in [0.1, 0.15) is 5.58 Å². The van der Waals surface area contributed by atoms with Crippen molar-refractivity contribution in [3.05, 3.63) is 51.6 Å². The molecule has 26 heavy (non-hydrogen) atoms. The van der Waals surface area contributed by atoms with Gasteiger partial charge in [-0.15, -0.1) is 0 Å². The molecule has 1 aliphatic rings. The van der Waals surface area contributed by atoms with Crippen LogP contribution in [0.3, 0.4) is 0 Å². The van der Waals surface area contributed by atoms with Crippen LogP contribution >= 0.6 is 11.6 Å². The van der Waals surface area contributed by atoms with Crippen LogP contribution in [-0.2, 0) is 4.79 Å². The van der Waals surface area contributed by atoms with E-state index in [9.17, 15) is 14.7 Å². The first-order valence-corrected chi connectivity index (χ1v) is 8.78. The molecule has 1 N–H and O–H groups in total. The van der Waals surface area contributed by atoms with Crippen LogP contribution in [0.25, 0.3) is 21.9 Å². The number of hydrogen-bond acceptors (Lipinski definition) is 4. The second-order valence-electron chi connectivity index (χ2n) is 7.49. The quantitative estimate of drug-likeness (QED) is 0.685. The van der Waals surface area contributed by atoms with Crippen LogP contribution in [0.15, 0.2) is 45.6 Å². The fourth-order valence-electron chi connectivity index (χ4n) is 3.77. The van der Waals surface area contributed by atoms with Crippen molar-refractivity contribution < 1.29 is 14.3 Å². The van der Waals surface area contributed by atoms with Crippen LogP contribution in [0.4, 0.5) is 5.69 Å². The normalized spacial score (nSPS) is 19.3. The average Bonchev–Trinajstić information content (AvgIpc) is 2.91. The van der Waals surface area contributed by atoms with Gasteiger partial charge in [-0.3, -0.25) is 9.59 Å². The van der Waals surface area contributed by atoms with Crippen LogP contribution in [0.5, 0.6) is 0 Å². The molecule has 1 saturated heterocycles. The Morgan fingerprint density at radius 2 is 2.04 bits per heavy atom. The number of rotatable bonds is 2. The molecule has 3 aromatic rings. The Balaban J connectivity index is 1.84. The van der Waals surface area contributed by atoms with E-state index in [1.54, 1.807) is 30.3 Å². The number of anilines is 1. The van der Waals surface area contributed by atoms with Crippen molar-refractivity contribution in [2.45, 2.75) is 13.8 Å². The lowest BCUT2D eigenvalue weighted by Crippen LogP contribution is -2.28. The van der Waals surface area contributed by atoms with Crippen LogP contribution in [0, 0.1) is 11.3 Å². The molecule has 1 fully saturated rings. The topological polar surface area (TPSA) is 70.8 Å². The van der Waals surface area contributed by atoms with Gasteiger partial charge in [0.25, 0.3) is 0 Å². The Hall–Kier alpha value is -2.53. The molecule has 1 aromatic heterocycles. The number of benzene rings is 2. The number of aliphatic carboxylic acids is 1. The summed E-state index contributed by atoms with van der Waals surface area (Å²) in [7, 11) is 0. The molecule has 0 saturated carbocycles. The molecule has 6 heteroatoms. The summed E-state index contributed by atoms with van der Waals surface area (Å²) in [5.41, 5.74) is 1.19. The van der Waals surface area contributed by atoms with Gasteiger partial charge in [-0.05, 0) is 29.7 Å². The Bertz CT molecular complexity index is 1100. The van der Waals surface area contributed by atoms with Gasteiger partial charge in [0.2, 0.25) is 5.43 Å². The van der Waals surface area contributed by atoms with Crippen LogP contribution in [0.2, 0.25) is 5.02 Å². The van der Waals surface area contributed by atoms with E-state index in [2.05, 4.69) is 0 Å². The van der Waals surface area contributed by atoms with E-state index in [-0.39, 0.29) is 10.8 Å². The number of nitrogens with zero attached hydrogens (tertiary/aromatic N) is 1. The summed E-state index contributed by atoms with van der Waals surface area (Å²) >= 11 is 6.18. The minimum atomic E-state index is -0.789. The largest absolute Gasteiger partial charge is 0.481 e. The fourth-order valence-corrected chi connectivity index (χ4v) is 3.98. The summed E-state index contributed by atoms with van der Waals surface area (Å²) in [4.78, 5) is 26.3. The van der Waals surface area contributed by atoms with Gasteiger partial charge in [0.05, 0.1) is 21.7 Å². The molecule has 0 radical (unpaired) electrons. The van der Waals surface area contributed by atoms with Crippen molar-refractivity contribution >= 4 is 45.2 Å². The van der Waals surface area contributed by atoms with Gasteiger partial charge in [-0.25, -0.2) is 0 Å². The Morgan fingerprint density at radius 3 is 2.73 bits per heavy atom. The van der Waals surface area contributed by atoms with Crippen molar-refractivity contribution in [3.63, 3.8) is 0 Å². The monoisotopic (exact) mass is 371 g/mol. The number of halogens is 1. The lowest BCUT2D eigenvalue weighted by molar-refractivity contribution is -0.143. The molecule has 134 valence electrons. The molecule has 1 aliphatic heterocycles. The summed E-state index contributed by atoms with van der Waals surface area (Å²) < 4.78 is 5.91. The van der Waals surface area contributed by atoms with Gasteiger partial charge in [-0.2, -0.15) is 0 Å². The highest BCUT2D eigenvalue weighted by atomic mass is 35.5. The van der Waals surface area contributed by atoms with Crippen molar-refractivity contribution in [2.24, 2.45) is 11.3 Å². The standard InChI is InChI=1S/C20H18ClNO4/c1-20(2)10-22(9-14(20)19(24)25)11-6-7-12-16(8-11)26-18-13(17(12)23)4-3-5-15(18)21/h3-8,14H,9-10H2,1-2H3,(H,24,25). The summed E-state index contributed by atoms with van der Waals surface area (Å²) in [5, 5.41) is 10.8. The Kier molecular flexibility index (Phi) is 3.74. The van der Waals surface area contributed by atoms with Crippen LogP contribution in [0.1, 0.15) is 13.8 Å². The third-order valence-electron chi connectivity index (χ3n) is 5.24. The predicted molar refractivity (Wildman–Crippen MR) is 102 cm³/mol. The average molecular weight is 372 g/mol. The maximum Gasteiger partial charge on any atom is 0.308 e. The minimum Gasteiger partial charge on any atom is -0.481 e. The zero-order chi connectivity index (χ0) is 18.6. The number of hydrogen-bond donors (Lipinski definition) is 1. The number of carboxylic acids is 1. The third-order valence-corrected chi connectivity index (χ3v) is 5.54. The maximum atomic E-state index is 12.7. The highest BCUT2D eigenvalue weighted by Crippen LogP contribution is 2.38. The zero-order valence-electron chi connectivity index (χ0n) is 14.5. The number of para-hydroxylation sites is 1. The fraction of sp³-hybridized carbons (Fsp3) is 0.300. The maximum absolute atomic E-state index is 12.7. The number of carbonyl (C=O) groups is 1. The molecule has 1 unspecified atom stereocenters. The van der Waals surface area contributed by atoms with E-state index in [0.717, 1.165) is 5.69 Å². The van der Waals surface area contributed by atoms with E-state index < -0.39 is 11.9 Å². The lowest BCUT2D eigenvalue weighted by atomic mass is 9.82. The Morgan fingerprint density at radius 1 is 1.27 bits per heavy atom. The molecule has 2 heterocycles. The smallest absolute Gasteiger partial charge is 0.308 e. The lowest BCUT2D eigenvalue weighted by Gasteiger charge is -2.22. The molecule has 0 bridgehead atoms. The van der Waals surface area contributed by atoms with Crippen molar-refractivity contribution in [2.75, 3.05) is 18.0 Å². The van der Waals surface area contributed by atoms with Gasteiger partial charge in [0.15, 0.2) is 5.58 Å². The summed E-state index contributed by atoms with van der Waals surface area (Å²) in [6, 6.07) is 10.5. The second-order valence-corrected chi connectivity index (χ2v) is 7.90. The molecule has 4 rings (SSSR count). The first-order chi connectivity index (χ1) is 12.3. The van der Waals surface area contributed by atoms with Crippen LogP contribution < -0.4 is 10.3 Å². The molecule has 0 aliphatic carbocycles. The first kappa shape index (κ1) is 16.9. The predicted octanol–water partition coefficient (Wildman–Crippen LogP) is 4.15. The van der Waals surface area contributed by atoms with E-state index in [1.165, 1.54) is 0 Å². The van der Waals surface area contributed by atoms with E-state index in [0.29, 0.717) is 40.1 Å². The van der Waals surface area contributed by atoms with E-state index >= 15 is 0 Å². The summed E-state index contributed by atoms with van der Waals surface area (Å²) in [5.74, 6) is -1.24. The molecule has 1 atom stereocenters. The second kappa shape index (κ2) is 5.74. The SMILES string of the molecule is CC1(C)CN(c2ccc3c(=O)c4cccc(Cl)c4oc3c2)CC1C(=O)O. The van der Waals surface area contributed by atoms with Gasteiger partial charge in [-0.1, -0.05) is 31.5 Å². The van der Waals surface area contributed by atoms with E-state index in [4.69, 9.17) is 16.0 Å². The number of carboxylic acid groups (broad SMARTS) is 1. The highest BCUT2D eigenvalue weighted by molar-refractivity contribution is 6.34. The molecular formula is C20H18ClNO4. The van der Waals surface area contributed by atoms with Gasteiger partial charge in [0, 0.05) is 24.8 Å². The third kappa shape index (κ3) is 2.54. The first-order valence-electron chi connectivity index (χ1n) is 8.41. The molecule has 5 nitrogen and oxygen atoms in total. The van der Waals surface area contributed by atoms with Crippen molar-refractivity contribution in [3.8, 4) is 0 Å². The zero-order valence-corrected chi connectivity index (χ0v) is 15.2. The van der Waals surface area contributed by atoms with Gasteiger partial charge < -0.3 is 14.4 Å². The van der Waals surface area contributed by atoms with Gasteiger partial charge >= 0.3 is 5.97 Å². The summed E-state index contributed by atoms with van der Waals surface area (Å²) in [6.45, 7) is 4.96. The Labute approximate surface area is 154 Å². The highest BCUT2D eigenvalue weighted by Gasteiger charge is 2.43. The van der Waals surface area contributed by atoms with Crippen LogP contribution in [-0.4, -0.2) is 24.2 Å². The molecule has 0 spiro atoms. The summed E-state index contributed by atoms with van der Waals surface area (Å²) in [6.07, 6.45) is 0. The van der Waals surface area contributed by atoms with Crippen molar-refractivity contribution in [1.29, 1.82) is 0 Å².